The first-order valence-electron chi connectivity index (χ1n) is 9.36. The van der Waals surface area contributed by atoms with Crippen molar-refractivity contribution < 1.29 is 4.79 Å². The fourth-order valence-corrected chi connectivity index (χ4v) is 2.93. The Bertz CT molecular complexity index is 1000. The standard InChI is InChI=1S/C21H23ClN6O/c1-3-8-28-14-17(12-25-28)26-21-24-13-19(22)20(27-21)23-11-16-7-5-6-15(9-16)10-18(29)4-2/h4-7,9,12-14H,2-3,8,10-11H2,1H3,(H2,23,24,26,27). The number of nitrogens with one attached hydrogen (secondary N) is 2. The molecule has 0 spiro atoms. The predicted molar refractivity (Wildman–Crippen MR) is 116 cm³/mol. The van der Waals surface area contributed by atoms with Gasteiger partial charge in [0.1, 0.15) is 5.02 Å². The van der Waals surface area contributed by atoms with E-state index in [4.69, 9.17) is 11.6 Å². The number of halogens is 1. The van der Waals surface area contributed by atoms with Crippen molar-refractivity contribution in [2.45, 2.75) is 32.9 Å². The summed E-state index contributed by atoms with van der Waals surface area (Å²) in [4.78, 5) is 20.2. The number of benzene rings is 1. The monoisotopic (exact) mass is 410 g/mol. The molecule has 0 aliphatic carbocycles. The molecule has 1 aromatic carbocycles. The molecule has 0 atom stereocenters. The third kappa shape index (κ3) is 5.89. The zero-order valence-corrected chi connectivity index (χ0v) is 17.0. The zero-order valence-electron chi connectivity index (χ0n) is 16.2. The van der Waals surface area contributed by atoms with Crippen molar-refractivity contribution in [2.24, 2.45) is 0 Å². The van der Waals surface area contributed by atoms with E-state index in [-0.39, 0.29) is 5.78 Å². The van der Waals surface area contributed by atoms with Gasteiger partial charge < -0.3 is 10.6 Å². The van der Waals surface area contributed by atoms with Gasteiger partial charge in [0, 0.05) is 25.7 Å². The molecular formula is C21H23ClN6O. The van der Waals surface area contributed by atoms with Crippen LogP contribution < -0.4 is 10.6 Å². The van der Waals surface area contributed by atoms with Gasteiger partial charge in [-0.3, -0.25) is 9.48 Å². The van der Waals surface area contributed by atoms with Gasteiger partial charge in [-0.05, 0) is 23.6 Å². The normalized spacial score (nSPS) is 10.6. The molecule has 2 aromatic heterocycles. The highest BCUT2D eigenvalue weighted by Crippen LogP contribution is 2.22. The third-order valence-corrected chi connectivity index (χ3v) is 4.42. The zero-order chi connectivity index (χ0) is 20.6. The fraction of sp³-hybridized carbons (Fsp3) is 0.238. The number of ketones is 1. The van der Waals surface area contributed by atoms with E-state index in [0.717, 1.165) is 29.8 Å². The van der Waals surface area contributed by atoms with Crippen LogP contribution in [0, 0.1) is 0 Å². The van der Waals surface area contributed by atoms with Crippen LogP contribution in [0.2, 0.25) is 5.02 Å². The molecule has 0 unspecified atom stereocenters. The number of aryl methyl sites for hydroxylation is 1. The number of rotatable bonds is 10. The number of hydrogen-bond donors (Lipinski definition) is 2. The number of nitrogens with zero attached hydrogens (tertiary/aromatic N) is 4. The maximum atomic E-state index is 11.6. The molecule has 0 amide bonds. The van der Waals surface area contributed by atoms with E-state index in [2.05, 4.69) is 39.2 Å². The number of anilines is 3. The van der Waals surface area contributed by atoms with Gasteiger partial charge in [0.25, 0.3) is 0 Å². The van der Waals surface area contributed by atoms with Crippen LogP contribution in [0.5, 0.6) is 0 Å². The van der Waals surface area contributed by atoms with Crippen molar-refractivity contribution >= 4 is 34.8 Å². The van der Waals surface area contributed by atoms with Crippen LogP contribution in [0.25, 0.3) is 0 Å². The van der Waals surface area contributed by atoms with Crippen LogP contribution >= 0.6 is 11.6 Å². The van der Waals surface area contributed by atoms with Crippen molar-refractivity contribution in [1.82, 2.24) is 19.7 Å². The molecule has 0 saturated heterocycles. The second-order valence-corrected chi connectivity index (χ2v) is 6.94. The summed E-state index contributed by atoms with van der Waals surface area (Å²) in [5, 5.41) is 11.1. The Labute approximate surface area is 174 Å². The van der Waals surface area contributed by atoms with Gasteiger partial charge in [-0.15, -0.1) is 0 Å². The van der Waals surface area contributed by atoms with E-state index >= 15 is 0 Å². The summed E-state index contributed by atoms with van der Waals surface area (Å²) in [5.41, 5.74) is 2.77. The largest absolute Gasteiger partial charge is 0.365 e. The van der Waals surface area contributed by atoms with E-state index in [0.29, 0.717) is 29.8 Å². The van der Waals surface area contributed by atoms with Gasteiger partial charge >= 0.3 is 0 Å². The number of carbonyl (C=O) groups excluding carboxylic acids is 1. The van der Waals surface area contributed by atoms with Crippen molar-refractivity contribution in [3.63, 3.8) is 0 Å². The Morgan fingerprint density at radius 3 is 2.93 bits per heavy atom. The van der Waals surface area contributed by atoms with Crippen LogP contribution in [0.4, 0.5) is 17.5 Å². The van der Waals surface area contributed by atoms with Gasteiger partial charge in [0.2, 0.25) is 5.95 Å². The van der Waals surface area contributed by atoms with Crippen LogP contribution in [0.15, 0.2) is 55.5 Å². The lowest BCUT2D eigenvalue weighted by Crippen LogP contribution is -2.06. The van der Waals surface area contributed by atoms with Crippen molar-refractivity contribution in [3.8, 4) is 0 Å². The molecule has 2 N–H and O–H groups in total. The number of allylic oxidation sites excluding steroid dienone is 1. The van der Waals surface area contributed by atoms with Crippen molar-refractivity contribution in [3.05, 3.63) is 71.7 Å². The van der Waals surface area contributed by atoms with Gasteiger partial charge in [0.05, 0.1) is 18.1 Å². The van der Waals surface area contributed by atoms with E-state index in [9.17, 15) is 4.79 Å². The number of aromatic nitrogens is 4. The quantitative estimate of drug-likeness (QED) is 0.482. The first-order valence-corrected chi connectivity index (χ1v) is 9.74. The molecule has 7 nitrogen and oxygen atoms in total. The van der Waals surface area contributed by atoms with Gasteiger partial charge in [0.15, 0.2) is 11.6 Å². The lowest BCUT2D eigenvalue weighted by atomic mass is 10.1. The number of carbonyl (C=O) groups is 1. The first kappa shape index (κ1) is 20.5. The Morgan fingerprint density at radius 2 is 2.14 bits per heavy atom. The maximum absolute atomic E-state index is 11.6. The van der Waals surface area contributed by atoms with Crippen molar-refractivity contribution in [1.29, 1.82) is 0 Å². The summed E-state index contributed by atoms with van der Waals surface area (Å²) in [5.74, 6) is 0.947. The lowest BCUT2D eigenvalue weighted by Gasteiger charge is -2.10. The highest BCUT2D eigenvalue weighted by Gasteiger charge is 2.08. The molecular weight excluding hydrogens is 388 g/mol. The molecule has 0 saturated carbocycles. The highest BCUT2D eigenvalue weighted by molar-refractivity contribution is 6.32. The number of hydrogen-bond acceptors (Lipinski definition) is 6. The van der Waals surface area contributed by atoms with E-state index in [1.54, 1.807) is 12.4 Å². The Morgan fingerprint density at radius 1 is 1.31 bits per heavy atom. The lowest BCUT2D eigenvalue weighted by molar-refractivity contribution is -0.114. The Kier molecular flexibility index (Phi) is 6.97. The van der Waals surface area contributed by atoms with Gasteiger partial charge in [-0.25, -0.2) is 4.98 Å². The van der Waals surface area contributed by atoms with E-state index in [1.165, 1.54) is 6.08 Å². The topological polar surface area (TPSA) is 84.7 Å². The van der Waals surface area contributed by atoms with Crippen LogP contribution in [0.1, 0.15) is 24.5 Å². The van der Waals surface area contributed by atoms with Crippen LogP contribution in [-0.4, -0.2) is 25.5 Å². The van der Waals surface area contributed by atoms with E-state index in [1.807, 2.05) is 35.1 Å². The molecule has 0 aliphatic heterocycles. The molecule has 2 heterocycles. The second kappa shape index (κ2) is 9.84. The Hall–Kier alpha value is -3.19. The van der Waals surface area contributed by atoms with Crippen LogP contribution in [0.3, 0.4) is 0 Å². The molecule has 0 fully saturated rings. The summed E-state index contributed by atoms with van der Waals surface area (Å²) in [7, 11) is 0. The average molecular weight is 411 g/mol. The summed E-state index contributed by atoms with van der Waals surface area (Å²) in [6, 6.07) is 7.80. The molecule has 0 aliphatic rings. The summed E-state index contributed by atoms with van der Waals surface area (Å²) >= 11 is 6.24. The Balaban J connectivity index is 1.66. The molecule has 3 rings (SSSR count). The van der Waals surface area contributed by atoms with Gasteiger partial charge in [-0.1, -0.05) is 49.4 Å². The fourth-order valence-electron chi connectivity index (χ4n) is 2.77. The smallest absolute Gasteiger partial charge is 0.229 e. The van der Waals surface area contributed by atoms with Crippen LogP contribution in [-0.2, 0) is 24.3 Å². The SMILES string of the molecule is C=CC(=O)Cc1cccc(CNc2nc(Nc3cnn(CCC)c3)ncc2Cl)c1. The molecule has 0 bridgehead atoms. The summed E-state index contributed by atoms with van der Waals surface area (Å²) in [6.45, 7) is 6.98. The first-order chi connectivity index (χ1) is 14.1. The molecule has 8 heteroatoms. The second-order valence-electron chi connectivity index (χ2n) is 6.53. The van der Waals surface area contributed by atoms with E-state index < -0.39 is 0 Å². The minimum atomic E-state index is -0.00747. The maximum Gasteiger partial charge on any atom is 0.229 e. The minimum Gasteiger partial charge on any atom is -0.365 e. The highest BCUT2D eigenvalue weighted by atomic mass is 35.5. The predicted octanol–water partition coefficient (Wildman–Crippen LogP) is 4.39. The molecule has 0 radical (unpaired) electrons. The summed E-state index contributed by atoms with van der Waals surface area (Å²) < 4.78 is 1.86. The third-order valence-electron chi connectivity index (χ3n) is 4.14. The van der Waals surface area contributed by atoms with Gasteiger partial charge in [-0.2, -0.15) is 10.1 Å². The minimum absolute atomic E-state index is 0.00747. The molecule has 29 heavy (non-hydrogen) atoms. The molecule has 150 valence electrons. The van der Waals surface area contributed by atoms with Crippen molar-refractivity contribution in [2.75, 3.05) is 10.6 Å². The molecule has 3 aromatic rings. The summed E-state index contributed by atoms with van der Waals surface area (Å²) in [6.07, 6.45) is 7.88. The average Bonchev–Trinajstić information content (AvgIpc) is 3.16.